The molecule has 0 amide bonds. The van der Waals surface area contributed by atoms with Crippen LogP contribution in [0, 0.1) is 0 Å². The van der Waals surface area contributed by atoms with Gasteiger partial charge in [-0.15, -0.1) is 0 Å². The molecule has 138 valence electrons. The first-order valence-electron chi connectivity index (χ1n) is 8.85. The molecule has 0 saturated heterocycles. The van der Waals surface area contributed by atoms with Crippen molar-refractivity contribution >= 4 is 10.9 Å². The number of nitrogens with zero attached hydrogens (tertiary/aromatic N) is 1. The second kappa shape index (κ2) is 8.74. The number of aliphatic hydroxyl groups excluding tert-OH is 1. The van der Waals surface area contributed by atoms with Crippen LogP contribution in [-0.2, 0) is 13.0 Å². The van der Waals surface area contributed by atoms with E-state index in [1.807, 2.05) is 36.5 Å². The van der Waals surface area contributed by atoms with E-state index in [0.717, 1.165) is 30.0 Å². The van der Waals surface area contributed by atoms with Gasteiger partial charge in [0.1, 0.15) is 0 Å². The zero-order chi connectivity index (χ0) is 18.4. The van der Waals surface area contributed by atoms with Gasteiger partial charge in [0.05, 0.1) is 20.3 Å². The Hall–Kier alpha value is -2.50. The molecule has 5 nitrogen and oxygen atoms in total. The van der Waals surface area contributed by atoms with Crippen molar-refractivity contribution in [2.75, 3.05) is 27.3 Å². The second-order valence-electron chi connectivity index (χ2n) is 6.32. The molecule has 0 fully saturated rings. The number of rotatable bonds is 9. The normalized spacial score (nSPS) is 12.3. The summed E-state index contributed by atoms with van der Waals surface area (Å²) in [7, 11) is 3.27. The number of nitrogens with one attached hydrogen (secondary N) is 1. The molecule has 0 aliphatic heterocycles. The van der Waals surface area contributed by atoms with Crippen molar-refractivity contribution in [2.24, 2.45) is 0 Å². The smallest absolute Gasteiger partial charge is 0.160 e. The zero-order valence-electron chi connectivity index (χ0n) is 15.3. The fraction of sp³-hybridized carbons (Fsp3) is 0.333. The SMILES string of the molecule is COc1ccc(CCNC[C@H](O)Cn2ccc3ccccc32)cc1OC. The van der Waals surface area contributed by atoms with Gasteiger partial charge in [0.2, 0.25) is 0 Å². The van der Waals surface area contributed by atoms with Gasteiger partial charge in [-0.25, -0.2) is 0 Å². The first-order chi connectivity index (χ1) is 12.7. The standard InChI is InChI=1S/C21H26N2O3/c1-25-20-8-7-16(13-21(20)26-2)9-11-22-14-18(24)15-23-12-10-17-5-3-4-6-19(17)23/h3-8,10,12-13,18,22,24H,9,11,14-15H2,1-2H3/t18-/m0/s1. The third-order valence-electron chi connectivity index (χ3n) is 4.51. The van der Waals surface area contributed by atoms with Crippen molar-refractivity contribution in [3.05, 3.63) is 60.3 Å². The summed E-state index contributed by atoms with van der Waals surface area (Å²) < 4.78 is 12.7. The summed E-state index contributed by atoms with van der Waals surface area (Å²) in [5.74, 6) is 1.48. The molecule has 3 rings (SSSR count). The number of hydrogen-bond donors (Lipinski definition) is 2. The van der Waals surface area contributed by atoms with Crippen LogP contribution in [0.4, 0.5) is 0 Å². The molecule has 5 heteroatoms. The van der Waals surface area contributed by atoms with E-state index < -0.39 is 6.10 Å². The molecular weight excluding hydrogens is 328 g/mol. The molecule has 3 aromatic rings. The van der Waals surface area contributed by atoms with Crippen molar-refractivity contribution in [3.8, 4) is 11.5 Å². The molecule has 0 aliphatic rings. The van der Waals surface area contributed by atoms with E-state index in [1.165, 1.54) is 10.9 Å². The number of para-hydroxylation sites is 1. The lowest BCUT2D eigenvalue weighted by Gasteiger charge is -2.14. The lowest BCUT2D eigenvalue weighted by Crippen LogP contribution is -2.31. The summed E-state index contributed by atoms with van der Waals surface area (Å²) in [5.41, 5.74) is 2.32. The molecule has 1 atom stereocenters. The topological polar surface area (TPSA) is 55.6 Å². The highest BCUT2D eigenvalue weighted by Crippen LogP contribution is 2.27. The third-order valence-corrected chi connectivity index (χ3v) is 4.51. The number of hydrogen-bond acceptors (Lipinski definition) is 4. The molecule has 1 aromatic heterocycles. The number of aliphatic hydroxyl groups is 1. The van der Waals surface area contributed by atoms with E-state index in [-0.39, 0.29) is 0 Å². The van der Waals surface area contributed by atoms with Crippen LogP contribution in [0.5, 0.6) is 11.5 Å². The Kier molecular flexibility index (Phi) is 6.15. The van der Waals surface area contributed by atoms with Gasteiger partial charge in [-0.1, -0.05) is 24.3 Å². The highest BCUT2D eigenvalue weighted by Gasteiger charge is 2.08. The maximum Gasteiger partial charge on any atom is 0.160 e. The van der Waals surface area contributed by atoms with E-state index in [2.05, 4.69) is 28.1 Å². The molecule has 26 heavy (non-hydrogen) atoms. The van der Waals surface area contributed by atoms with Gasteiger partial charge in [0.25, 0.3) is 0 Å². The fourth-order valence-corrected chi connectivity index (χ4v) is 3.13. The molecule has 0 saturated carbocycles. The lowest BCUT2D eigenvalue weighted by atomic mass is 10.1. The first-order valence-corrected chi connectivity index (χ1v) is 8.85. The average Bonchev–Trinajstić information content (AvgIpc) is 3.08. The van der Waals surface area contributed by atoms with Crippen molar-refractivity contribution < 1.29 is 14.6 Å². The minimum atomic E-state index is -0.434. The van der Waals surface area contributed by atoms with Crippen molar-refractivity contribution in [1.29, 1.82) is 0 Å². The van der Waals surface area contributed by atoms with Gasteiger partial charge in [-0.3, -0.25) is 0 Å². The van der Waals surface area contributed by atoms with Gasteiger partial charge >= 0.3 is 0 Å². The molecule has 1 heterocycles. The third kappa shape index (κ3) is 4.36. The molecule has 0 bridgehead atoms. The van der Waals surface area contributed by atoms with Gasteiger partial charge in [-0.05, 0) is 48.2 Å². The van der Waals surface area contributed by atoms with Crippen LogP contribution in [0.15, 0.2) is 54.7 Å². The number of methoxy groups -OCH3 is 2. The zero-order valence-corrected chi connectivity index (χ0v) is 15.3. The Morgan fingerprint density at radius 1 is 1.04 bits per heavy atom. The van der Waals surface area contributed by atoms with Crippen molar-refractivity contribution in [3.63, 3.8) is 0 Å². The predicted octanol–water partition coefficient (Wildman–Crippen LogP) is 2.85. The second-order valence-corrected chi connectivity index (χ2v) is 6.32. The van der Waals surface area contributed by atoms with Gasteiger partial charge in [0, 0.05) is 24.8 Å². The highest BCUT2D eigenvalue weighted by atomic mass is 16.5. The maximum absolute atomic E-state index is 10.3. The van der Waals surface area contributed by atoms with Crippen molar-refractivity contribution in [1.82, 2.24) is 9.88 Å². The van der Waals surface area contributed by atoms with E-state index in [9.17, 15) is 5.11 Å². The van der Waals surface area contributed by atoms with Crippen LogP contribution in [0.25, 0.3) is 10.9 Å². The summed E-state index contributed by atoms with van der Waals surface area (Å²) in [6, 6.07) is 16.2. The molecule has 2 aromatic carbocycles. The van der Waals surface area contributed by atoms with Crippen LogP contribution >= 0.6 is 0 Å². The summed E-state index contributed by atoms with van der Waals surface area (Å²) in [5, 5.41) is 14.8. The highest BCUT2D eigenvalue weighted by molar-refractivity contribution is 5.79. The largest absolute Gasteiger partial charge is 0.493 e. The average molecular weight is 354 g/mol. The van der Waals surface area contributed by atoms with E-state index >= 15 is 0 Å². The van der Waals surface area contributed by atoms with Crippen LogP contribution < -0.4 is 14.8 Å². The number of fused-ring (bicyclic) bond motifs is 1. The van der Waals surface area contributed by atoms with E-state index in [1.54, 1.807) is 14.2 Å². The molecule has 0 unspecified atom stereocenters. The Bertz CT molecular complexity index is 844. The van der Waals surface area contributed by atoms with Gasteiger partial charge in [0.15, 0.2) is 11.5 Å². The fourth-order valence-electron chi connectivity index (χ4n) is 3.13. The molecular formula is C21H26N2O3. The Morgan fingerprint density at radius 2 is 1.85 bits per heavy atom. The summed E-state index contributed by atoms with van der Waals surface area (Å²) in [4.78, 5) is 0. The molecule has 2 N–H and O–H groups in total. The minimum absolute atomic E-state index is 0.434. The summed E-state index contributed by atoms with van der Waals surface area (Å²) in [6.45, 7) is 1.93. The molecule has 0 aliphatic carbocycles. The Labute approximate surface area is 154 Å². The van der Waals surface area contributed by atoms with Crippen molar-refractivity contribution in [2.45, 2.75) is 19.1 Å². The number of aromatic nitrogens is 1. The van der Waals surface area contributed by atoms with Crippen LogP contribution in [0.1, 0.15) is 5.56 Å². The van der Waals surface area contributed by atoms with Gasteiger partial charge < -0.3 is 24.5 Å². The first kappa shape index (κ1) is 18.3. The Morgan fingerprint density at radius 3 is 2.65 bits per heavy atom. The monoisotopic (exact) mass is 354 g/mol. The van der Waals surface area contributed by atoms with E-state index in [4.69, 9.17) is 9.47 Å². The lowest BCUT2D eigenvalue weighted by molar-refractivity contribution is 0.153. The van der Waals surface area contributed by atoms with E-state index in [0.29, 0.717) is 13.1 Å². The minimum Gasteiger partial charge on any atom is -0.493 e. The predicted molar refractivity (Wildman–Crippen MR) is 104 cm³/mol. The molecule has 0 spiro atoms. The van der Waals surface area contributed by atoms with Crippen LogP contribution in [0.3, 0.4) is 0 Å². The quantitative estimate of drug-likeness (QED) is 0.580. The van der Waals surface area contributed by atoms with Crippen LogP contribution in [0.2, 0.25) is 0 Å². The number of ether oxygens (including phenoxy) is 2. The Balaban J connectivity index is 1.46. The summed E-state index contributed by atoms with van der Waals surface area (Å²) in [6.07, 6.45) is 2.45. The number of benzene rings is 2. The van der Waals surface area contributed by atoms with Crippen LogP contribution in [-0.4, -0.2) is 43.1 Å². The maximum atomic E-state index is 10.3. The summed E-state index contributed by atoms with van der Waals surface area (Å²) >= 11 is 0. The molecule has 0 radical (unpaired) electrons. The van der Waals surface area contributed by atoms with Gasteiger partial charge in [-0.2, -0.15) is 0 Å².